The van der Waals surface area contributed by atoms with Crippen molar-refractivity contribution in [2.24, 2.45) is 5.92 Å². The van der Waals surface area contributed by atoms with Crippen LogP contribution in [0.2, 0.25) is 0 Å². The van der Waals surface area contributed by atoms with Gasteiger partial charge in [-0.2, -0.15) is 8.78 Å². The van der Waals surface area contributed by atoms with Gasteiger partial charge in [-0.25, -0.2) is 9.59 Å². The normalized spacial score (nSPS) is 12.9. The number of hydrogen-bond donors (Lipinski definition) is 0. The Kier molecular flexibility index (Phi) is 8.09. The maximum Gasteiger partial charge on any atom is 0.381 e. The minimum absolute atomic E-state index is 0.00220. The minimum atomic E-state index is -3.93. The van der Waals surface area contributed by atoms with Crippen LogP contribution in [0, 0.1) is 5.92 Å². The van der Waals surface area contributed by atoms with Crippen molar-refractivity contribution in [2.45, 2.75) is 39.2 Å². The molecule has 0 bridgehead atoms. The van der Waals surface area contributed by atoms with E-state index in [9.17, 15) is 18.4 Å². The number of ether oxygens (including phenoxy) is 3. The van der Waals surface area contributed by atoms with Crippen molar-refractivity contribution >= 4 is 11.9 Å². The molecule has 122 valence electrons. The molecule has 0 saturated heterocycles. The second-order valence-electron chi connectivity index (χ2n) is 5.06. The number of alkyl halides is 2. The summed E-state index contributed by atoms with van der Waals surface area (Å²) in [5.41, 5.74) is -0.0210. The van der Waals surface area contributed by atoms with Crippen LogP contribution < -0.4 is 0 Å². The smallest absolute Gasteiger partial charge is 0.381 e. The van der Waals surface area contributed by atoms with Gasteiger partial charge in [-0.05, 0) is 19.3 Å². The summed E-state index contributed by atoms with van der Waals surface area (Å²) in [5, 5.41) is 0. The molecule has 0 amide bonds. The highest BCUT2D eigenvalue weighted by atomic mass is 19.3. The van der Waals surface area contributed by atoms with E-state index >= 15 is 0 Å². The number of hydrogen-bond acceptors (Lipinski definition) is 5. The lowest BCUT2D eigenvalue weighted by Gasteiger charge is -2.26. The number of rotatable bonds is 9. The maximum atomic E-state index is 14.1. The van der Waals surface area contributed by atoms with Gasteiger partial charge in [0.05, 0.1) is 6.61 Å². The van der Waals surface area contributed by atoms with Gasteiger partial charge in [0.1, 0.15) is 6.61 Å². The molecular formula is C14H22F2O5. The summed E-state index contributed by atoms with van der Waals surface area (Å²) in [6.07, 6.45) is -2.07. The Morgan fingerprint density at radius 2 is 1.81 bits per heavy atom. The first-order valence-corrected chi connectivity index (χ1v) is 6.53. The predicted molar refractivity (Wildman–Crippen MR) is 71.9 cm³/mol. The molecule has 21 heavy (non-hydrogen) atoms. The van der Waals surface area contributed by atoms with Crippen molar-refractivity contribution in [1.82, 2.24) is 0 Å². The predicted octanol–water partition coefficient (Wildman–Crippen LogP) is 2.35. The Morgan fingerprint density at radius 3 is 2.24 bits per heavy atom. The van der Waals surface area contributed by atoms with E-state index in [1.54, 1.807) is 13.8 Å². The Morgan fingerprint density at radius 1 is 1.24 bits per heavy atom. The SMILES string of the molecule is C=C(C)C(=O)OC(CC(C)C)C(F)(F)C(=O)OCCOC. The third kappa shape index (κ3) is 6.66. The van der Waals surface area contributed by atoms with E-state index in [0.29, 0.717) is 0 Å². The van der Waals surface area contributed by atoms with Crippen LogP contribution in [-0.2, 0) is 23.8 Å². The molecule has 0 aromatic rings. The second kappa shape index (κ2) is 8.71. The molecule has 0 heterocycles. The van der Waals surface area contributed by atoms with Gasteiger partial charge < -0.3 is 14.2 Å². The van der Waals surface area contributed by atoms with Crippen LogP contribution in [-0.4, -0.2) is 44.3 Å². The van der Waals surface area contributed by atoms with Crippen LogP contribution in [0.3, 0.4) is 0 Å². The Balaban J connectivity index is 4.96. The van der Waals surface area contributed by atoms with Gasteiger partial charge in [0, 0.05) is 12.7 Å². The van der Waals surface area contributed by atoms with Gasteiger partial charge in [0.25, 0.3) is 0 Å². The summed E-state index contributed by atoms with van der Waals surface area (Å²) < 4.78 is 41.9. The molecule has 0 spiro atoms. The molecule has 0 aromatic carbocycles. The standard InChI is InChI=1S/C14H22F2O5/c1-9(2)8-11(21-12(17)10(3)4)14(15,16)13(18)20-7-6-19-5/h9,11H,3,6-8H2,1-2,4-5H3. The van der Waals surface area contributed by atoms with Crippen molar-refractivity contribution in [3.63, 3.8) is 0 Å². The lowest BCUT2D eigenvalue weighted by Crippen LogP contribution is -2.46. The van der Waals surface area contributed by atoms with Gasteiger partial charge in [-0.3, -0.25) is 0 Å². The second-order valence-corrected chi connectivity index (χ2v) is 5.06. The van der Waals surface area contributed by atoms with Crippen molar-refractivity contribution in [3.8, 4) is 0 Å². The molecule has 0 aliphatic rings. The molecule has 1 unspecified atom stereocenters. The lowest BCUT2D eigenvalue weighted by atomic mass is 10.0. The molecule has 0 radical (unpaired) electrons. The summed E-state index contributed by atoms with van der Waals surface area (Å²) in [5.74, 6) is -6.83. The highest BCUT2D eigenvalue weighted by molar-refractivity contribution is 5.87. The fourth-order valence-corrected chi connectivity index (χ4v) is 1.37. The first kappa shape index (κ1) is 19.5. The number of esters is 2. The summed E-state index contributed by atoms with van der Waals surface area (Å²) >= 11 is 0. The summed E-state index contributed by atoms with van der Waals surface area (Å²) in [7, 11) is 1.35. The highest BCUT2D eigenvalue weighted by Gasteiger charge is 2.51. The van der Waals surface area contributed by atoms with E-state index in [4.69, 9.17) is 4.74 Å². The summed E-state index contributed by atoms with van der Waals surface area (Å²) in [4.78, 5) is 22.9. The molecule has 0 aliphatic heterocycles. The molecule has 0 rings (SSSR count). The molecular weight excluding hydrogens is 286 g/mol. The monoisotopic (exact) mass is 308 g/mol. The largest absolute Gasteiger partial charge is 0.459 e. The average molecular weight is 308 g/mol. The van der Waals surface area contributed by atoms with Crippen LogP contribution in [0.5, 0.6) is 0 Å². The lowest BCUT2D eigenvalue weighted by molar-refractivity contribution is -0.199. The van der Waals surface area contributed by atoms with Crippen LogP contribution >= 0.6 is 0 Å². The van der Waals surface area contributed by atoms with E-state index in [-0.39, 0.29) is 31.1 Å². The molecule has 0 fully saturated rings. The topological polar surface area (TPSA) is 61.8 Å². The highest BCUT2D eigenvalue weighted by Crippen LogP contribution is 2.28. The summed E-state index contributed by atoms with van der Waals surface area (Å²) in [6, 6.07) is 0. The first-order valence-electron chi connectivity index (χ1n) is 6.53. The van der Waals surface area contributed by atoms with Crippen LogP contribution in [0.1, 0.15) is 27.2 Å². The molecule has 7 heteroatoms. The zero-order valence-corrected chi connectivity index (χ0v) is 12.8. The number of carbonyl (C=O) groups excluding carboxylic acids is 2. The molecule has 0 aliphatic carbocycles. The Bertz CT molecular complexity index is 380. The van der Waals surface area contributed by atoms with E-state index in [1.807, 2.05) is 0 Å². The van der Waals surface area contributed by atoms with E-state index in [1.165, 1.54) is 14.0 Å². The molecule has 0 N–H and O–H groups in total. The van der Waals surface area contributed by atoms with Gasteiger partial charge in [0.2, 0.25) is 0 Å². The first-order chi connectivity index (χ1) is 9.62. The van der Waals surface area contributed by atoms with Gasteiger partial charge in [-0.15, -0.1) is 0 Å². The van der Waals surface area contributed by atoms with Crippen molar-refractivity contribution < 1.29 is 32.6 Å². The number of methoxy groups -OCH3 is 1. The van der Waals surface area contributed by atoms with Crippen molar-refractivity contribution in [2.75, 3.05) is 20.3 Å². The van der Waals surface area contributed by atoms with E-state index in [0.717, 1.165) is 0 Å². The van der Waals surface area contributed by atoms with Crippen molar-refractivity contribution in [1.29, 1.82) is 0 Å². The van der Waals surface area contributed by atoms with Crippen molar-refractivity contribution in [3.05, 3.63) is 12.2 Å². The Hall–Kier alpha value is -1.50. The number of halogens is 2. The van der Waals surface area contributed by atoms with Crippen LogP contribution in [0.15, 0.2) is 12.2 Å². The summed E-state index contributed by atoms with van der Waals surface area (Å²) in [6.45, 7) is 7.71. The molecule has 1 atom stereocenters. The quantitative estimate of drug-likeness (QED) is 0.372. The van der Waals surface area contributed by atoms with Gasteiger partial charge >= 0.3 is 17.9 Å². The van der Waals surface area contributed by atoms with Gasteiger partial charge in [0.15, 0.2) is 6.10 Å². The van der Waals surface area contributed by atoms with Gasteiger partial charge in [-0.1, -0.05) is 20.4 Å². The van der Waals surface area contributed by atoms with Crippen LogP contribution in [0.25, 0.3) is 0 Å². The van der Waals surface area contributed by atoms with E-state index < -0.39 is 24.0 Å². The number of carbonyl (C=O) groups is 2. The molecule has 0 aromatic heterocycles. The molecule has 0 saturated carbocycles. The maximum absolute atomic E-state index is 14.1. The average Bonchev–Trinajstić information content (AvgIpc) is 2.37. The van der Waals surface area contributed by atoms with E-state index in [2.05, 4.69) is 16.1 Å². The fourth-order valence-electron chi connectivity index (χ4n) is 1.37. The third-order valence-electron chi connectivity index (χ3n) is 2.48. The fraction of sp³-hybridized carbons (Fsp3) is 0.714. The molecule has 5 nitrogen and oxygen atoms in total. The zero-order valence-electron chi connectivity index (χ0n) is 12.8. The zero-order chi connectivity index (χ0) is 16.6. The third-order valence-corrected chi connectivity index (χ3v) is 2.48. The minimum Gasteiger partial charge on any atom is -0.459 e. The Labute approximate surface area is 123 Å². The van der Waals surface area contributed by atoms with Crippen LogP contribution in [0.4, 0.5) is 8.78 Å².